The molecular formula is C18H19N5O5. The molecular weight excluding hydrogens is 366 g/mol. The van der Waals surface area contributed by atoms with Crippen molar-refractivity contribution < 1.29 is 24.8 Å². The van der Waals surface area contributed by atoms with Gasteiger partial charge in [-0.25, -0.2) is 14.6 Å². The second-order valence-electron chi connectivity index (χ2n) is 6.25. The zero-order valence-corrected chi connectivity index (χ0v) is 15.0. The van der Waals surface area contributed by atoms with Gasteiger partial charge >= 0.3 is 0 Å². The van der Waals surface area contributed by atoms with Crippen molar-refractivity contribution in [1.29, 1.82) is 0 Å². The molecule has 0 spiro atoms. The van der Waals surface area contributed by atoms with Gasteiger partial charge in [-0.15, -0.1) is 5.10 Å². The van der Waals surface area contributed by atoms with Crippen LogP contribution in [0.4, 0.5) is 0 Å². The van der Waals surface area contributed by atoms with Crippen molar-refractivity contribution in [2.75, 3.05) is 13.7 Å². The Morgan fingerprint density at radius 1 is 1.14 bits per heavy atom. The van der Waals surface area contributed by atoms with Gasteiger partial charge in [0.1, 0.15) is 29.8 Å². The topological polar surface area (TPSA) is 136 Å². The molecule has 10 nitrogen and oxygen atoms in total. The Hall–Kier alpha value is -2.92. The van der Waals surface area contributed by atoms with Crippen molar-refractivity contribution >= 4 is 0 Å². The average Bonchev–Trinajstić information content (AvgIpc) is 3.30. The summed E-state index contributed by atoms with van der Waals surface area (Å²) in [5, 5.41) is 34.3. The van der Waals surface area contributed by atoms with Gasteiger partial charge in [-0.05, 0) is 24.3 Å². The molecule has 1 fully saturated rings. The summed E-state index contributed by atoms with van der Waals surface area (Å²) < 4.78 is 12.1. The Kier molecular flexibility index (Phi) is 5.01. The molecule has 3 aromatic rings. The minimum absolute atomic E-state index is 0.314. The molecule has 0 amide bonds. The zero-order valence-electron chi connectivity index (χ0n) is 15.0. The Balaban J connectivity index is 1.79. The standard InChI is InChI=1S/C18H19N5O5/c1-27-11-4-2-10(3-5-11)16-21-17(12-8-19-6-7-20-12)23(22-16)18-15(26)14(25)13(9-24)28-18/h2-8,13-15,18,24-26H,9H2,1H3. The van der Waals surface area contributed by atoms with E-state index in [0.29, 0.717) is 23.1 Å². The van der Waals surface area contributed by atoms with Crippen LogP contribution in [0.15, 0.2) is 42.9 Å². The second-order valence-corrected chi connectivity index (χ2v) is 6.25. The lowest BCUT2D eigenvalue weighted by Crippen LogP contribution is -2.33. The molecule has 0 bridgehead atoms. The summed E-state index contributed by atoms with van der Waals surface area (Å²) in [4.78, 5) is 12.8. The highest BCUT2D eigenvalue weighted by Crippen LogP contribution is 2.33. The number of rotatable bonds is 5. The SMILES string of the molecule is COc1ccc(-c2nc(-c3cnccn3)n(C3OC(CO)C(O)C3O)n2)cc1. The van der Waals surface area contributed by atoms with Crippen LogP contribution in [-0.4, -0.2) is 72.1 Å². The molecule has 0 radical (unpaired) electrons. The van der Waals surface area contributed by atoms with E-state index < -0.39 is 31.1 Å². The quantitative estimate of drug-likeness (QED) is 0.555. The number of aliphatic hydroxyl groups is 3. The molecule has 3 N–H and O–H groups in total. The second kappa shape index (κ2) is 7.60. The summed E-state index contributed by atoms with van der Waals surface area (Å²) in [7, 11) is 1.58. The first-order valence-corrected chi connectivity index (χ1v) is 8.62. The van der Waals surface area contributed by atoms with E-state index in [1.807, 2.05) is 0 Å². The number of benzene rings is 1. The summed E-state index contributed by atoms with van der Waals surface area (Å²) in [5.74, 6) is 1.38. The van der Waals surface area contributed by atoms with Crippen molar-refractivity contribution in [1.82, 2.24) is 24.7 Å². The molecule has 4 rings (SSSR count). The highest BCUT2D eigenvalue weighted by Gasteiger charge is 2.45. The van der Waals surface area contributed by atoms with Crippen LogP contribution in [0.3, 0.4) is 0 Å². The Labute approximate surface area is 160 Å². The molecule has 10 heteroatoms. The van der Waals surface area contributed by atoms with E-state index in [4.69, 9.17) is 9.47 Å². The van der Waals surface area contributed by atoms with Gasteiger partial charge < -0.3 is 24.8 Å². The Bertz CT molecular complexity index is 933. The molecule has 3 heterocycles. The third-order valence-corrected chi connectivity index (χ3v) is 4.53. The molecule has 1 aliphatic rings. The summed E-state index contributed by atoms with van der Waals surface area (Å²) in [5.41, 5.74) is 1.14. The predicted molar refractivity (Wildman–Crippen MR) is 96.0 cm³/mol. The fourth-order valence-corrected chi connectivity index (χ4v) is 3.03. The zero-order chi connectivity index (χ0) is 19.7. The van der Waals surface area contributed by atoms with Gasteiger partial charge in [-0.1, -0.05) is 0 Å². The number of ether oxygens (including phenoxy) is 2. The van der Waals surface area contributed by atoms with Crippen LogP contribution in [0.1, 0.15) is 6.23 Å². The van der Waals surface area contributed by atoms with Gasteiger partial charge in [0.2, 0.25) is 0 Å². The fourth-order valence-electron chi connectivity index (χ4n) is 3.03. The third kappa shape index (κ3) is 3.22. The summed E-state index contributed by atoms with van der Waals surface area (Å²) in [6, 6.07) is 7.17. The van der Waals surface area contributed by atoms with E-state index >= 15 is 0 Å². The van der Waals surface area contributed by atoms with Crippen molar-refractivity contribution in [3.63, 3.8) is 0 Å². The van der Waals surface area contributed by atoms with Gasteiger partial charge in [0.15, 0.2) is 17.9 Å². The number of nitrogens with zero attached hydrogens (tertiary/aromatic N) is 5. The number of aromatic nitrogens is 5. The average molecular weight is 385 g/mol. The van der Waals surface area contributed by atoms with Crippen LogP contribution in [0.25, 0.3) is 22.9 Å². The van der Waals surface area contributed by atoms with Gasteiger partial charge in [-0.3, -0.25) is 4.98 Å². The van der Waals surface area contributed by atoms with Crippen molar-refractivity contribution in [2.45, 2.75) is 24.5 Å². The molecule has 146 valence electrons. The number of hydrogen-bond acceptors (Lipinski definition) is 9. The molecule has 28 heavy (non-hydrogen) atoms. The first-order chi connectivity index (χ1) is 13.6. The van der Waals surface area contributed by atoms with Crippen molar-refractivity contribution in [3.05, 3.63) is 42.9 Å². The molecule has 1 aromatic carbocycles. The molecule has 0 aliphatic carbocycles. The van der Waals surface area contributed by atoms with E-state index in [1.165, 1.54) is 23.3 Å². The predicted octanol–water partition coefficient (Wildman–Crippen LogP) is 0.0222. The Morgan fingerprint density at radius 3 is 2.54 bits per heavy atom. The summed E-state index contributed by atoms with van der Waals surface area (Å²) in [6.07, 6.45) is 0.0441. The lowest BCUT2D eigenvalue weighted by molar-refractivity contribution is -0.0578. The number of methoxy groups -OCH3 is 1. The molecule has 0 saturated carbocycles. The van der Waals surface area contributed by atoms with Gasteiger partial charge in [0.25, 0.3) is 0 Å². The highest BCUT2D eigenvalue weighted by atomic mass is 16.6. The minimum atomic E-state index is -1.29. The Morgan fingerprint density at radius 2 is 1.93 bits per heavy atom. The first-order valence-electron chi connectivity index (χ1n) is 8.62. The van der Waals surface area contributed by atoms with Crippen LogP contribution in [0.2, 0.25) is 0 Å². The van der Waals surface area contributed by atoms with Crippen LogP contribution in [-0.2, 0) is 4.74 Å². The van der Waals surface area contributed by atoms with Gasteiger partial charge in [0, 0.05) is 18.0 Å². The van der Waals surface area contributed by atoms with E-state index in [-0.39, 0.29) is 0 Å². The lowest BCUT2D eigenvalue weighted by atomic mass is 10.1. The van der Waals surface area contributed by atoms with Gasteiger partial charge in [0.05, 0.1) is 19.9 Å². The van der Waals surface area contributed by atoms with Crippen LogP contribution < -0.4 is 4.74 Å². The van der Waals surface area contributed by atoms with Crippen LogP contribution in [0.5, 0.6) is 5.75 Å². The molecule has 2 aromatic heterocycles. The van der Waals surface area contributed by atoms with E-state index in [1.54, 1.807) is 31.4 Å². The van der Waals surface area contributed by atoms with E-state index in [9.17, 15) is 15.3 Å². The first kappa shape index (κ1) is 18.4. The summed E-state index contributed by atoms with van der Waals surface area (Å²) >= 11 is 0. The van der Waals surface area contributed by atoms with Crippen LogP contribution in [0, 0.1) is 0 Å². The maximum Gasteiger partial charge on any atom is 0.181 e. The summed E-state index contributed by atoms with van der Waals surface area (Å²) in [6.45, 7) is -0.435. The maximum absolute atomic E-state index is 10.4. The third-order valence-electron chi connectivity index (χ3n) is 4.53. The van der Waals surface area contributed by atoms with E-state index in [0.717, 1.165) is 5.56 Å². The number of aliphatic hydroxyl groups excluding tert-OH is 3. The number of hydrogen-bond donors (Lipinski definition) is 3. The normalized spacial score (nSPS) is 24.4. The lowest BCUT2D eigenvalue weighted by Gasteiger charge is -2.16. The van der Waals surface area contributed by atoms with Crippen molar-refractivity contribution in [2.24, 2.45) is 0 Å². The van der Waals surface area contributed by atoms with E-state index in [2.05, 4.69) is 20.1 Å². The maximum atomic E-state index is 10.4. The van der Waals surface area contributed by atoms with Gasteiger partial charge in [-0.2, -0.15) is 0 Å². The highest BCUT2D eigenvalue weighted by molar-refractivity contribution is 5.60. The smallest absolute Gasteiger partial charge is 0.181 e. The largest absolute Gasteiger partial charge is 0.497 e. The molecule has 4 atom stereocenters. The van der Waals surface area contributed by atoms with Crippen LogP contribution >= 0.6 is 0 Å². The molecule has 1 saturated heterocycles. The monoisotopic (exact) mass is 385 g/mol. The van der Waals surface area contributed by atoms with Crippen molar-refractivity contribution in [3.8, 4) is 28.7 Å². The fraction of sp³-hybridized carbons (Fsp3) is 0.333. The molecule has 4 unspecified atom stereocenters. The molecule has 1 aliphatic heterocycles. The minimum Gasteiger partial charge on any atom is -0.497 e.